The summed E-state index contributed by atoms with van der Waals surface area (Å²) in [6.07, 6.45) is -4.48. The van der Waals surface area contributed by atoms with E-state index in [1.807, 2.05) is 25.1 Å². The highest BCUT2D eigenvalue weighted by Gasteiger charge is 2.31. The van der Waals surface area contributed by atoms with Gasteiger partial charge in [-0.15, -0.1) is 0 Å². The van der Waals surface area contributed by atoms with Crippen molar-refractivity contribution >= 4 is 17.3 Å². The number of piperazine rings is 1. The Bertz CT molecular complexity index is 834. The SMILES string of the molecule is CC(CN1CCN(c2ccccc2)CC1)Nc1cc(C(F)(F)F)ccc1C(N)=O. The quantitative estimate of drug-likeness (QED) is 0.772. The van der Waals surface area contributed by atoms with Gasteiger partial charge in [0, 0.05) is 50.1 Å². The minimum atomic E-state index is -4.48. The molecule has 0 aromatic heterocycles. The second-order valence-electron chi connectivity index (χ2n) is 7.29. The van der Waals surface area contributed by atoms with E-state index in [0.29, 0.717) is 6.54 Å². The molecule has 1 amide bonds. The molecule has 1 saturated heterocycles. The average molecular weight is 406 g/mol. The van der Waals surface area contributed by atoms with Gasteiger partial charge in [0.15, 0.2) is 0 Å². The number of nitrogens with one attached hydrogen (secondary N) is 1. The fourth-order valence-corrected chi connectivity index (χ4v) is 3.58. The number of hydrogen-bond donors (Lipinski definition) is 2. The van der Waals surface area contributed by atoms with Crippen LogP contribution in [0.25, 0.3) is 0 Å². The molecule has 0 aliphatic carbocycles. The summed E-state index contributed by atoms with van der Waals surface area (Å²) in [6, 6.07) is 13.0. The lowest BCUT2D eigenvalue weighted by Crippen LogP contribution is -2.49. The van der Waals surface area contributed by atoms with Crippen LogP contribution in [0.5, 0.6) is 0 Å². The molecule has 1 unspecified atom stereocenters. The molecule has 3 N–H and O–H groups in total. The number of nitrogens with zero attached hydrogens (tertiary/aromatic N) is 2. The Balaban J connectivity index is 1.61. The van der Waals surface area contributed by atoms with Crippen molar-refractivity contribution in [2.45, 2.75) is 19.1 Å². The van der Waals surface area contributed by atoms with Gasteiger partial charge >= 0.3 is 6.18 Å². The van der Waals surface area contributed by atoms with Gasteiger partial charge in [-0.25, -0.2) is 0 Å². The van der Waals surface area contributed by atoms with Gasteiger partial charge in [-0.05, 0) is 37.3 Å². The Hall–Kier alpha value is -2.74. The van der Waals surface area contributed by atoms with Gasteiger partial charge in [0.05, 0.1) is 11.1 Å². The molecule has 1 atom stereocenters. The van der Waals surface area contributed by atoms with E-state index in [4.69, 9.17) is 5.73 Å². The highest BCUT2D eigenvalue weighted by Crippen LogP contribution is 2.32. The van der Waals surface area contributed by atoms with Crippen LogP contribution in [0.3, 0.4) is 0 Å². The number of benzene rings is 2. The summed E-state index contributed by atoms with van der Waals surface area (Å²) in [5.41, 5.74) is 5.87. The second kappa shape index (κ2) is 8.73. The summed E-state index contributed by atoms with van der Waals surface area (Å²) in [5, 5.41) is 3.04. The van der Waals surface area contributed by atoms with Crippen LogP contribution in [0.2, 0.25) is 0 Å². The smallest absolute Gasteiger partial charge is 0.381 e. The maximum absolute atomic E-state index is 13.0. The molecule has 0 bridgehead atoms. The third-order valence-electron chi connectivity index (χ3n) is 5.04. The van der Waals surface area contributed by atoms with Crippen molar-refractivity contribution in [1.29, 1.82) is 0 Å². The Kier molecular flexibility index (Phi) is 6.32. The highest BCUT2D eigenvalue weighted by atomic mass is 19.4. The molecule has 29 heavy (non-hydrogen) atoms. The van der Waals surface area contributed by atoms with Crippen LogP contribution in [0, 0.1) is 0 Å². The summed E-state index contributed by atoms with van der Waals surface area (Å²) < 4.78 is 39.1. The summed E-state index contributed by atoms with van der Waals surface area (Å²) in [5.74, 6) is -0.759. The van der Waals surface area contributed by atoms with Gasteiger partial charge in [0.25, 0.3) is 5.91 Å². The Morgan fingerprint density at radius 2 is 1.76 bits per heavy atom. The molecule has 0 saturated carbocycles. The molecule has 8 heteroatoms. The van der Waals surface area contributed by atoms with Crippen LogP contribution < -0.4 is 16.0 Å². The number of carbonyl (C=O) groups excluding carboxylic acids is 1. The molecular formula is C21H25F3N4O. The van der Waals surface area contributed by atoms with E-state index in [1.54, 1.807) is 0 Å². The molecule has 1 fully saturated rings. The predicted octanol–water partition coefficient (Wildman–Crippen LogP) is 3.43. The van der Waals surface area contributed by atoms with E-state index in [2.05, 4.69) is 27.2 Å². The molecule has 5 nitrogen and oxygen atoms in total. The summed E-state index contributed by atoms with van der Waals surface area (Å²) >= 11 is 0. The van der Waals surface area contributed by atoms with Crippen molar-refractivity contribution in [3.8, 4) is 0 Å². The number of carbonyl (C=O) groups is 1. The number of amides is 1. The molecule has 0 spiro atoms. The monoisotopic (exact) mass is 406 g/mol. The van der Waals surface area contributed by atoms with E-state index in [0.717, 1.165) is 44.4 Å². The van der Waals surface area contributed by atoms with Gasteiger partial charge in [0.2, 0.25) is 0 Å². The standard InChI is InChI=1S/C21H25F3N4O/c1-15(14-27-9-11-28(12-10-27)17-5-3-2-4-6-17)26-19-13-16(21(22,23)24)7-8-18(19)20(25)29/h2-8,13,15,26H,9-12,14H2,1H3,(H2,25,29). The lowest BCUT2D eigenvalue weighted by molar-refractivity contribution is -0.137. The second-order valence-corrected chi connectivity index (χ2v) is 7.29. The maximum Gasteiger partial charge on any atom is 0.416 e. The molecule has 156 valence electrons. The van der Waals surface area contributed by atoms with Crippen molar-refractivity contribution in [3.63, 3.8) is 0 Å². The minimum Gasteiger partial charge on any atom is -0.381 e. The number of halogens is 3. The number of primary amides is 1. The number of hydrogen-bond acceptors (Lipinski definition) is 4. The first-order valence-electron chi connectivity index (χ1n) is 9.54. The molecule has 1 heterocycles. The van der Waals surface area contributed by atoms with Crippen LogP contribution in [0.1, 0.15) is 22.8 Å². The van der Waals surface area contributed by atoms with Crippen LogP contribution in [-0.4, -0.2) is 49.6 Å². The predicted molar refractivity (Wildman–Crippen MR) is 108 cm³/mol. The molecule has 0 radical (unpaired) electrons. The largest absolute Gasteiger partial charge is 0.416 e. The zero-order chi connectivity index (χ0) is 21.0. The van der Waals surface area contributed by atoms with E-state index < -0.39 is 17.6 Å². The van der Waals surface area contributed by atoms with Crippen LogP contribution in [0.15, 0.2) is 48.5 Å². The van der Waals surface area contributed by atoms with E-state index >= 15 is 0 Å². The Morgan fingerprint density at radius 1 is 1.10 bits per heavy atom. The molecule has 1 aliphatic heterocycles. The number of rotatable bonds is 6. The van der Waals surface area contributed by atoms with Gasteiger partial charge < -0.3 is 16.0 Å². The first-order valence-corrected chi connectivity index (χ1v) is 9.54. The Labute approximate surface area is 168 Å². The van der Waals surface area contributed by atoms with Crippen molar-refractivity contribution in [2.75, 3.05) is 42.9 Å². The molecule has 1 aliphatic rings. The zero-order valence-electron chi connectivity index (χ0n) is 16.2. The normalized spacial score (nSPS) is 16.5. The van der Waals surface area contributed by atoms with Crippen molar-refractivity contribution in [2.24, 2.45) is 5.73 Å². The number of alkyl halides is 3. The first kappa shape index (κ1) is 21.0. The molecule has 2 aromatic carbocycles. The first-order chi connectivity index (χ1) is 13.7. The van der Waals surface area contributed by atoms with Crippen molar-refractivity contribution in [3.05, 3.63) is 59.7 Å². The third kappa shape index (κ3) is 5.41. The van der Waals surface area contributed by atoms with Gasteiger partial charge in [-0.2, -0.15) is 13.2 Å². The third-order valence-corrected chi connectivity index (χ3v) is 5.04. The lowest BCUT2D eigenvalue weighted by atomic mass is 10.1. The van der Waals surface area contributed by atoms with Crippen LogP contribution >= 0.6 is 0 Å². The van der Waals surface area contributed by atoms with Crippen LogP contribution in [-0.2, 0) is 6.18 Å². The maximum atomic E-state index is 13.0. The number of anilines is 2. The summed E-state index contributed by atoms with van der Waals surface area (Å²) in [7, 11) is 0. The number of nitrogens with two attached hydrogens (primary N) is 1. The average Bonchev–Trinajstić information content (AvgIpc) is 2.68. The van der Waals surface area contributed by atoms with Crippen molar-refractivity contribution in [1.82, 2.24) is 4.90 Å². The van der Waals surface area contributed by atoms with Crippen LogP contribution in [0.4, 0.5) is 24.5 Å². The highest BCUT2D eigenvalue weighted by molar-refractivity contribution is 5.98. The molecular weight excluding hydrogens is 381 g/mol. The summed E-state index contributed by atoms with van der Waals surface area (Å²) in [6.45, 7) is 6.00. The van der Waals surface area contributed by atoms with E-state index in [-0.39, 0.29) is 17.3 Å². The number of para-hydroxylation sites is 1. The minimum absolute atomic E-state index is 0.0544. The molecule has 2 aromatic rings. The van der Waals surface area contributed by atoms with Crippen molar-refractivity contribution < 1.29 is 18.0 Å². The van der Waals surface area contributed by atoms with Gasteiger partial charge in [-0.1, -0.05) is 18.2 Å². The topological polar surface area (TPSA) is 61.6 Å². The van der Waals surface area contributed by atoms with Gasteiger partial charge in [0.1, 0.15) is 0 Å². The Morgan fingerprint density at radius 3 is 2.34 bits per heavy atom. The molecule has 3 rings (SSSR count). The fourth-order valence-electron chi connectivity index (χ4n) is 3.58. The zero-order valence-corrected chi connectivity index (χ0v) is 16.2. The van der Waals surface area contributed by atoms with Gasteiger partial charge in [-0.3, -0.25) is 9.69 Å². The van der Waals surface area contributed by atoms with E-state index in [1.165, 1.54) is 5.69 Å². The fraction of sp³-hybridized carbons (Fsp3) is 0.381. The lowest BCUT2D eigenvalue weighted by Gasteiger charge is -2.37. The van der Waals surface area contributed by atoms with E-state index in [9.17, 15) is 18.0 Å². The summed E-state index contributed by atoms with van der Waals surface area (Å²) in [4.78, 5) is 16.2.